The minimum Gasteiger partial charge on any atom is -0.461 e. The first-order valence-corrected chi connectivity index (χ1v) is 9.27. The number of nitrogens with one attached hydrogen (secondary N) is 1. The third-order valence-corrected chi connectivity index (χ3v) is 5.72. The van der Waals surface area contributed by atoms with Crippen LogP contribution in [0.2, 0.25) is 0 Å². The number of quaternary nitrogens is 1. The SMILES string of the molecule is O=C(OC[C@H]1CCC[NH+]2CCCC[C@@H]12)c1cc2ccccc2oc1=O. The Morgan fingerprint density at radius 3 is 2.92 bits per heavy atom. The molecule has 1 N–H and O–H groups in total. The summed E-state index contributed by atoms with van der Waals surface area (Å²) < 4.78 is 10.8. The van der Waals surface area contributed by atoms with Crippen molar-refractivity contribution in [2.45, 2.75) is 38.1 Å². The summed E-state index contributed by atoms with van der Waals surface area (Å²) in [5, 5.41) is 0.731. The second kappa shape index (κ2) is 7.00. The van der Waals surface area contributed by atoms with Gasteiger partial charge in [-0.1, -0.05) is 18.2 Å². The average Bonchev–Trinajstić information content (AvgIpc) is 2.65. The van der Waals surface area contributed by atoms with Crippen LogP contribution in [-0.4, -0.2) is 31.7 Å². The van der Waals surface area contributed by atoms with Gasteiger partial charge in [0.25, 0.3) is 0 Å². The van der Waals surface area contributed by atoms with E-state index in [1.165, 1.54) is 38.8 Å². The Morgan fingerprint density at radius 2 is 2.00 bits per heavy atom. The van der Waals surface area contributed by atoms with Gasteiger partial charge in [-0.05, 0) is 44.2 Å². The van der Waals surface area contributed by atoms with E-state index < -0.39 is 11.6 Å². The summed E-state index contributed by atoms with van der Waals surface area (Å²) >= 11 is 0. The maximum atomic E-state index is 12.4. The quantitative estimate of drug-likeness (QED) is 0.682. The van der Waals surface area contributed by atoms with Crippen molar-refractivity contribution in [2.75, 3.05) is 19.7 Å². The lowest BCUT2D eigenvalue weighted by atomic mass is 9.84. The molecule has 4 rings (SSSR count). The number of hydrogen-bond donors (Lipinski definition) is 1. The van der Waals surface area contributed by atoms with Gasteiger partial charge in [0.05, 0.1) is 19.1 Å². The van der Waals surface area contributed by atoms with E-state index in [-0.39, 0.29) is 5.56 Å². The lowest BCUT2D eigenvalue weighted by molar-refractivity contribution is -0.940. The minimum absolute atomic E-state index is 0.0117. The summed E-state index contributed by atoms with van der Waals surface area (Å²) in [5.41, 5.74) is -0.155. The Morgan fingerprint density at radius 1 is 1.16 bits per heavy atom. The number of carbonyl (C=O) groups excluding carboxylic acids is 1. The molecule has 5 nitrogen and oxygen atoms in total. The second-order valence-electron chi connectivity index (χ2n) is 7.25. The molecule has 0 bridgehead atoms. The van der Waals surface area contributed by atoms with E-state index in [1.54, 1.807) is 23.1 Å². The van der Waals surface area contributed by atoms with E-state index in [0.29, 0.717) is 24.1 Å². The van der Waals surface area contributed by atoms with Crippen LogP contribution in [0.3, 0.4) is 0 Å². The summed E-state index contributed by atoms with van der Waals surface area (Å²) in [5.74, 6) is -0.164. The van der Waals surface area contributed by atoms with Gasteiger partial charge in [-0.15, -0.1) is 0 Å². The molecular formula is C20H24NO4+. The number of para-hydroxylation sites is 1. The smallest absolute Gasteiger partial charge is 0.351 e. The zero-order valence-corrected chi connectivity index (χ0v) is 14.3. The Hall–Kier alpha value is -2.14. The highest BCUT2D eigenvalue weighted by Crippen LogP contribution is 2.21. The van der Waals surface area contributed by atoms with Crippen LogP contribution in [0.25, 0.3) is 11.0 Å². The highest BCUT2D eigenvalue weighted by molar-refractivity contribution is 5.92. The van der Waals surface area contributed by atoms with E-state index in [4.69, 9.17) is 9.15 Å². The fourth-order valence-electron chi connectivity index (χ4n) is 4.44. The molecule has 25 heavy (non-hydrogen) atoms. The van der Waals surface area contributed by atoms with Gasteiger partial charge in [-0.2, -0.15) is 0 Å². The molecule has 1 aromatic carbocycles. The molecule has 132 valence electrons. The van der Waals surface area contributed by atoms with E-state index >= 15 is 0 Å². The molecule has 0 spiro atoms. The van der Waals surface area contributed by atoms with Gasteiger partial charge >= 0.3 is 11.6 Å². The molecule has 1 unspecified atom stereocenters. The number of hydrogen-bond acceptors (Lipinski definition) is 4. The van der Waals surface area contributed by atoms with Crippen molar-refractivity contribution in [3.63, 3.8) is 0 Å². The monoisotopic (exact) mass is 342 g/mol. The Labute approximate surface area is 146 Å². The number of ether oxygens (including phenoxy) is 1. The van der Waals surface area contributed by atoms with Crippen LogP contribution in [-0.2, 0) is 4.74 Å². The van der Waals surface area contributed by atoms with Gasteiger partial charge in [-0.25, -0.2) is 9.59 Å². The van der Waals surface area contributed by atoms with Crippen LogP contribution in [0.4, 0.5) is 0 Å². The first-order chi connectivity index (χ1) is 12.2. The van der Waals surface area contributed by atoms with Crippen LogP contribution in [0.15, 0.2) is 39.5 Å². The largest absolute Gasteiger partial charge is 0.461 e. The molecule has 0 radical (unpaired) electrons. The molecule has 2 saturated heterocycles. The third-order valence-electron chi connectivity index (χ3n) is 5.72. The summed E-state index contributed by atoms with van der Waals surface area (Å²) in [6.45, 7) is 2.88. The molecule has 2 aromatic rings. The topological polar surface area (TPSA) is 61.0 Å². The van der Waals surface area contributed by atoms with Crippen LogP contribution in [0.5, 0.6) is 0 Å². The molecule has 0 saturated carbocycles. The fraction of sp³-hybridized carbons (Fsp3) is 0.500. The second-order valence-corrected chi connectivity index (χ2v) is 7.25. The first kappa shape index (κ1) is 16.3. The predicted molar refractivity (Wildman–Crippen MR) is 93.8 cm³/mol. The Bertz CT molecular complexity index is 826. The third kappa shape index (κ3) is 3.33. The number of esters is 1. The van der Waals surface area contributed by atoms with Crippen LogP contribution in [0, 0.1) is 5.92 Å². The minimum atomic E-state index is -0.628. The van der Waals surface area contributed by atoms with Crippen molar-refractivity contribution in [3.8, 4) is 0 Å². The Balaban J connectivity index is 1.47. The molecule has 2 aliphatic heterocycles. The average molecular weight is 342 g/mol. The molecule has 2 aliphatic rings. The molecule has 5 heteroatoms. The van der Waals surface area contributed by atoms with Gasteiger partial charge in [0, 0.05) is 11.3 Å². The van der Waals surface area contributed by atoms with Gasteiger partial charge in [0.1, 0.15) is 17.8 Å². The molecule has 0 aliphatic carbocycles. The predicted octanol–water partition coefficient (Wildman–Crippen LogP) is 1.80. The summed E-state index contributed by atoms with van der Waals surface area (Å²) in [7, 11) is 0. The normalized spacial score (nSPS) is 26.2. The van der Waals surface area contributed by atoms with Gasteiger partial charge in [0.15, 0.2) is 0 Å². The lowest BCUT2D eigenvalue weighted by Crippen LogP contribution is -3.18. The maximum Gasteiger partial charge on any atom is 0.351 e. The van der Waals surface area contributed by atoms with Gasteiger partial charge < -0.3 is 14.1 Å². The van der Waals surface area contributed by atoms with Crippen molar-refractivity contribution in [1.29, 1.82) is 0 Å². The lowest BCUT2D eigenvalue weighted by Gasteiger charge is -2.40. The standard InChI is InChI=1S/C20H23NO4/c22-19(16-12-14-6-1-2-9-18(14)25-20(16)23)24-13-15-7-5-11-21-10-4-3-8-17(15)21/h1-2,6,9,12,15,17H,3-5,7-8,10-11,13H2/p+1/t15-,17+/m1/s1. The number of benzene rings is 1. The number of carbonyl (C=O) groups is 1. The molecule has 0 amide bonds. The highest BCUT2D eigenvalue weighted by Gasteiger charge is 2.37. The van der Waals surface area contributed by atoms with E-state index in [0.717, 1.165) is 11.8 Å². The van der Waals surface area contributed by atoms with Crippen molar-refractivity contribution in [2.24, 2.45) is 5.92 Å². The van der Waals surface area contributed by atoms with Crippen molar-refractivity contribution < 1.29 is 18.8 Å². The van der Waals surface area contributed by atoms with Crippen molar-refractivity contribution in [3.05, 3.63) is 46.3 Å². The number of piperidine rings is 2. The van der Waals surface area contributed by atoms with Crippen molar-refractivity contribution in [1.82, 2.24) is 0 Å². The fourth-order valence-corrected chi connectivity index (χ4v) is 4.44. The maximum absolute atomic E-state index is 12.4. The molecule has 3 heterocycles. The number of fused-ring (bicyclic) bond motifs is 2. The zero-order valence-electron chi connectivity index (χ0n) is 14.3. The molecule has 3 atom stereocenters. The highest BCUT2D eigenvalue weighted by atomic mass is 16.5. The van der Waals surface area contributed by atoms with E-state index in [9.17, 15) is 9.59 Å². The molecule has 2 fully saturated rings. The van der Waals surface area contributed by atoms with Crippen LogP contribution in [0.1, 0.15) is 42.5 Å². The van der Waals surface area contributed by atoms with Gasteiger partial charge in [0.2, 0.25) is 0 Å². The first-order valence-electron chi connectivity index (χ1n) is 9.27. The summed E-state index contributed by atoms with van der Waals surface area (Å²) in [6, 6.07) is 9.35. The molecular weight excluding hydrogens is 318 g/mol. The van der Waals surface area contributed by atoms with Crippen LogP contribution < -0.4 is 10.5 Å². The van der Waals surface area contributed by atoms with Gasteiger partial charge in [-0.3, -0.25) is 0 Å². The zero-order chi connectivity index (χ0) is 17.2. The summed E-state index contributed by atoms with van der Waals surface area (Å²) in [4.78, 5) is 26.2. The molecule has 1 aromatic heterocycles. The van der Waals surface area contributed by atoms with E-state index in [1.807, 2.05) is 12.1 Å². The summed E-state index contributed by atoms with van der Waals surface area (Å²) in [6.07, 6.45) is 6.08. The van der Waals surface area contributed by atoms with Crippen molar-refractivity contribution >= 4 is 16.9 Å². The van der Waals surface area contributed by atoms with E-state index in [2.05, 4.69) is 0 Å². The number of rotatable bonds is 3. The Kier molecular flexibility index (Phi) is 4.57. The van der Waals surface area contributed by atoms with Crippen LogP contribution >= 0.6 is 0 Å².